The zero-order valence-electron chi connectivity index (χ0n) is 10.2. The molecule has 0 unspecified atom stereocenters. The van der Waals surface area contributed by atoms with E-state index in [2.05, 4.69) is 15.1 Å². The van der Waals surface area contributed by atoms with Gasteiger partial charge < -0.3 is 9.47 Å². The summed E-state index contributed by atoms with van der Waals surface area (Å²) >= 11 is 0. The van der Waals surface area contributed by atoms with Gasteiger partial charge in [0.15, 0.2) is 0 Å². The first-order valence-electron chi connectivity index (χ1n) is 5.72. The van der Waals surface area contributed by atoms with E-state index >= 15 is 0 Å². The molecule has 0 radical (unpaired) electrons. The molecule has 6 nitrogen and oxygen atoms in total. The molecule has 0 saturated carbocycles. The Morgan fingerprint density at radius 2 is 1.94 bits per heavy atom. The van der Waals surface area contributed by atoms with Crippen molar-refractivity contribution in [1.29, 1.82) is 0 Å². The Labute approximate surface area is 105 Å². The van der Waals surface area contributed by atoms with E-state index in [1.165, 1.54) is 7.11 Å². The topological polar surface area (TPSA) is 63.5 Å². The van der Waals surface area contributed by atoms with Crippen LogP contribution in [0.5, 0.6) is 0 Å². The van der Waals surface area contributed by atoms with Gasteiger partial charge in [0.2, 0.25) is 0 Å². The quantitative estimate of drug-likeness (QED) is 0.605. The summed E-state index contributed by atoms with van der Waals surface area (Å²) in [6.45, 7) is 2.87. The average molecular weight is 249 g/mol. The molecule has 0 amide bonds. The van der Waals surface area contributed by atoms with Gasteiger partial charge in [0.1, 0.15) is 0 Å². The third kappa shape index (κ3) is 3.27. The molecule has 6 heteroatoms. The number of benzene rings is 1. The first-order valence-corrected chi connectivity index (χ1v) is 5.72. The number of hydrogen-bond acceptors (Lipinski definition) is 5. The van der Waals surface area contributed by atoms with Crippen LogP contribution in [0.15, 0.2) is 34.6 Å². The third-order valence-electron chi connectivity index (χ3n) is 2.56. The Hall–Kier alpha value is -1.95. The highest BCUT2D eigenvalue weighted by Gasteiger charge is 2.07. The molecule has 0 aromatic heterocycles. The van der Waals surface area contributed by atoms with Crippen LogP contribution in [0.3, 0.4) is 0 Å². The molecule has 1 heterocycles. The van der Waals surface area contributed by atoms with Crippen molar-refractivity contribution in [2.45, 2.75) is 0 Å². The second-order valence-corrected chi connectivity index (χ2v) is 3.79. The molecule has 1 aromatic carbocycles. The number of nitrogens with zero attached hydrogens (tertiary/aromatic N) is 3. The maximum absolute atomic E-state index is 11.2. The van der Waals surface area contributed by atoms with E-state index in [-0.39, 0.29) is 5.97 Å². The summed E-state index contributed by atoms with van der Waals surface area (Å²) in [5.41, 5.74) is 1.21. The highest BCUT2D eigenvalue weighted by atomic mass is 16.5. The van der Waals surface area contributed by atoms with Crippen LogP contribution < -0.4 is 0 Å². The van der Waals surface area contributed by atoms with Gasteiger partial charge in [0.05, 0.1) is 44.7 Å². The minimum Gasteiger partial charge on any atom is -0.465 e. The van der Waals surface area contributed by atoms with Gasteiger partial charge in [-0.25, -0.2) is 4.79 Å². The number of ether oxygens (including phenoxy) is 2. The molecule has 96 valence electrons. The van der Waals surface area contributed by atoms with Crippen molar-refractivity contribution < 1.29 is 14.3 Å². The van der Waals surface area contributed by atoms with Crippen LogP contribution >= 0.6 is 0 Å². The predicted molar refractivity (Wildman–Crippen MR) is 64.7 cm³/mol. The minimum atomic E-state index is -0.355. The number of rotatable bonds is 3. The van der Waals surface area contributed by atoms with E-state index < -0.39 is 0 Å². The molecule has 1 aromatic rings. The van der Waals surface area contributed by atoms with Crippen molar-refractivity contribution in [3.05, 3.63) is 29.8 Å². The van der Waals surface area contributed by atoms with E-state index in [0.29, 0.717) is 24.5 Å². The van der Waals surface area contributed by atoms with E-state index in [0.717, 1.165) is 13.1 Å². The SMILES string of the molecule is COC(=O)c1ccc(N=NN2CCOCC2)cc1. The van der Waals surface area contributed by atoms with Crippen LogP contribution in [-0.2, 0) is 9.47 Å². The molecule has 2 rings (SSSR count). The molecule has 0 aliphatic carbocycles. The van der Waals surface area contributed by atoms with Crippen molar-refractivity contribution in [1.82, 2.24) is 5.01 Å². The van der Waals surface area contributed by atoms with Gasteiger partial charge in [-0.2, -0.15) is 0 Å². The smallest absolute Gasteiger partial charge is 0.337 e. The van der Waals surface area contributed by atoms with Crippen LogP contribution in [0.2, 0.25) is 0 Å². The van der Waals surface area contributed by atoms with Crippen molar-refractivity contribution >= 4 is 11.7 Å². The van der Waals surface area contributed by atoms with E-state index in [1.54, 1.807) is 24.3 Å². The first kappa shape index (κ1) is 12.5. The summed E-state index contributed by atoms with van der Waals surface area (Å²) in [7, 11) is 1.36. The van der Waals surface area contributed by atoms with Crippen LogP contribution in [0.25, 0.3) is 0 Å². The van der Waals surface area contributed by atoms with Crippen LogP contribution in [0.1, 0.15) is 10.4 Å². The lowest BCUT2D eigenvalue weighted by Crippen LogP contribution is -2.31. The Morgan fingerprint density at radius 1 is 1.28 bits per heavy atom. The molecule has 18 heavy (non-hydrogen) atoms. The number of carbonyl (C=O) groups excluding carboxylic acids is 1. The monoisotopic (exact) mass is 249 g/mol. The summed E-state index contributed by atoms with van der Waals surface area (Å²) in [6.07, 6.45) is 0. The lowest BCUT2D eigenvalue weighted by molar-refractivity contribution is 0.0353. The zero-order chi connectivity index (χ0) is 12.8. The van der Waals surface area contributed by atoms with Gasteiger partial charge in [0, 0.05) is 0 Å². The maximum atomic E-state index is 11.2. The largest absolute Gasteiger partial charge is 0.465 e. The van der Waals surface area contributed by atoms with Crippen LogP contribution in [-0.4, -0.2) is 44.4 Å². The van der Waals surface area contributed by atoms with Gasteiger partial charge >= 0.3 is 5.97 Å². The third-order valence-corrected chi connectivity index (χ3v) is 2.56. The molecule has 0 bridgehead atoms. The van der Waals surface area contributed by atoms with Crippen molar-refractivity contribution in [2.24, 2.45) is 10.3 Å². The fourth-order valence-corrected chi connectivity index (χ4v) is 1.54. The summed E-state index contributed by atoms with van der Waals surface area (Å²) in [4.78, 5) is 11.2. The zero-order valence-corrected chi connectivity index (χ0v) is 10.2. The molecule has 1 saturated heterocycles. The normalized spacial score (nSPS) is 15.9. The molecule has 1 aliphatic rings. The Morgan fingerprint density at radius 3 is 2.56 bits per heavy atom. The minimum absolute atomic E-state index is 0.355. The van der Waals surface area contributed by atoms with Crippen molar-refractivity contribution in [3.63, 3.8) is 0 Å². The predicted octanol–water partition coefficient (Wildman–Crippen LogP) is 1.80. The van der Waals surface area contributed by atoms with Crippen LogP contribution in [0.4, 0.5) is 5.69 Å². The standard InChI is InChI=1S/C12H15N3O3/c1-17-12(16)10-2-4-11(5-3-10)13-14-15-6-8-18-9-7-15/h2-5H,6-9H2,1H3. The summed E-state index contributed by atoms with van der Waals surface area (Å²) in [6, 6.07) is 6.80. The fourth-order valence-electron chi connectivity index (χ4n) is 1.54. The highest BCUT2D eigenvalue weighted by molar-refractivity contribution is 5.89. The maximum Gasteiger partial charge on any atom is 0.337 e. The van der Waals surface area contributed by atoms with Gasteiger partial charge in [-0.15, -0.1) is 5.11 Å². The molecule has 0 spiro atoms. The van der Waals surface area contributed by atoms with E-state index in [1.807, 2.05) is 5.01 Å². The van der Waals surface area contributed by atoms with Crippen molar-refractivity contribution in [2.75, 3.05) is 33.4 Å². The van der Waals surface area contributed by atoms with Gasteiger partial charge in [-0.1, -0.05) is 5.22 Å². The van der Waals surface area contributed by atoms with Gasteiger partial charge in [0.25, 0.3) is 0 Å². The van der Waals surface area contributed by atoms with E-state index in [9.17, 15) is 4.79 Å². The number of esters is 1. The molecule has 1 aliphatic heterocycles. The molecule has 1 fully saturated rings. The van der Waals surface area contributed by atoms with Gasteiger partial charge in [-0.3, -0.25) is 5.01 Å². The second-order valence-electron chi connectivity index (χ2n) is 3.79. The number of carbonyl (C=O) groups is 1. The molecular formula is C12H15N3O3. The van der Waals surface area contributed by atoms with Crippen LogP contribution in [0, 0.1) is 0 Å². The molecule has 0 atom stereocenters. The summed E-state index contributed by atoms with van der Waals surface area (Å²) in [5.74, 6) is -0.355. The average Bonchev–Trinajstić information content (AvgIpc) is 2.46. The first-order chi connectivity index (χ1) is 8.79. The number of morpholine rings is 1. The Balaban J connectivity index is 1.97. The lowest BCUT2D eigenvalue weighted by Gasteiger charge is -2.22. The van der Waals surface area contributed by atoms with Gasteiger partial charge in [-0.05, 0) is 24.3 Å². The molecular weight excluding hydrogens is 234 g/mol. The van der Waals surface area contributed by atoms with E-state index in [4.69, 9.17) is 4.74 Å². The second kappa shape index (κ2) is 6.11. The fraction of sp³-hybridized carbons (Fsp3) is 0.417. The molecule has 0 N–H and O–H groups in total. The lowest BCUT2D eigenvalue weighted by atomic mass is 10.2. The number of hydrogen-bond donors (Lipinski definition) is 0. The highest BCUT2D eigenvalue weighted by Crippen LogP contribution is 2.15. The summed E-state index contributed by atoms with van der Waals surface area (Å²) in [5, 5.41) is 10.1. The summed E-state index contributed by atoms with van der Waals surface area (Å²) < 4.78 is 9.83. The van der Waals surface area contributed by atoms with Crippen molar-refractivity contribution in [3.8, 4) is 0 Å². The number of methoxy groups -OCH3 is 1. The Bertz CT molecular complexity index is 425. The Kier molecular flexibility index (Phi) is 4.25.